The number of rotatable bonds is 3. The SMILES string of the molecule is CN(C)c1ccc(/C=N\N2C(=O)[C@@H]3[C@H](C2=O)[C@H]2C=C[C@H]3CC2)cc1Br. The molecule has 1 aromatic rings. The fourth-order valence-corrected chi connectivity index (χ4v) is 5.01. The highest BCUT2D eigenvalue weighted by Crippen LogP contribution is 2.49. The maximum absolute atomic E-state index is 12.7. The number of benzene rings is 1. The minimum atomic E-state index is -0.212. The molecule has 1 aromatic carbocycles. The predicted molar refractivity (Wildman–Crippen MR) is 100 cm³/mol. The first-order valence-corrected chi connectivity index (χ1v) is 9.33. The maximum atomic E-state index is 12.7. The van der Waals surface area contributed by atoms with Crippen LogP contribution < -0.4 is 4.90 Å². The van der Waals surface area contributed by atoms with Crippen molar-refractivity contribution in [3.05, 3.63) is 40.4 Å². The second-order valence-electron chi connectivity index (χ2n) is 7.18. The van der Waals surface area contributed by atoms with Gasteiger partial charge in [-0.15, -0.1) is 0 Å². The van der Waals surface area contributed by atoms with Crippen molar-refractivity contribution < 1.29 is 9.59 Å². The first-order chi connectivity index (χ1) is 12.0. The molecule has 4 atom stereocenters. The molecule has 2 bridgehead atoms. The first-order valence-electron chi connectivity index (χ1n) is 8.54. The lowest BCUT2D eigenvalue weighted by Crippen LogP contribution is -2.38. The van der Waals surface area contributed by atoms with Gasteiger partial charge in [-0.3, -0.25) is 9.59 Å². The average molecular weight is 402 g/mol. The molecule has 0 N–H and O–H groups in total. The number of carbonyl (C=O) groups is 2. The molecule has 2 fully saturated rings. The van der Waals surface area contributed by atoms with Crippen LogP contribution in [-0.2, 0) is 9.59 Å². The molecule has 1 saturated carbocycles. The van der Waals surface area contributed by atoms with Crippen molar-refractivity contribution >= 4 is 39.6 Å². The van der Waals surface area contributed by atoms with Gasteiger partial charge < -0.3 is 4.90 Å². The number of hydrogen-bond acceptors (Lipinski definition) is 4. The summed E-state index contributed by atoms with van der Waals surface area (Å²) in [4.78, 5) is 27.4. The largest absolute Gasteiger partial charge is 0.377 e. The Hall–Kier alpha value is -1.95. The molecular formula is C19H20BrN3O2. The molecule has 2 amide bonds. The van der Waals surface area contributed by atoms with Crippen molar-refractivity contribution in [3.8, 4) is 0 Å². The van der Waals surface area contributed by atoms with E-state index in [0.29, 0.717) is 0 Å². The van der Waals surface area contributed by atoms with Gasteiger partial charge >= 0.3 is 0 Å². The smallest absolute Gasteiger partial charge is 0.254 e. The highest BCUT2D eigenvalue weighted by atomic mass is 79.9. The van der Waals surface area contributed by atoms with Crippen LogP contribution in [-0.4, -0.2) is 37.1 Å². The Labute approximate surface area is 155 Å². The molecule has 5 rings (SSSR count). The summed E-state index contributed by atoms with van der Waals surface area (Å²) in [6.45, 7) is 0. The van der Waals surface area contributed by atoms with E-state index in [9.17, 15) is 9.59 Å². The van der Waals surface area contributed by atoms with Crippen LogP contribution in [0, 0.1) is 23.7 Å². The van der Waals surface area contributed by atoms with E-state index in [4.69, 9.17) is 0 Å². The van der Waals surface area contributed by atoms with Crippen LogP contribution in [0.25, 0.3) is 0 Å². The van der Waals surface area contributed by atoms with Gasteiger partial charge in [-0.2, -0.15) is 10.1 Å². The molecule has 1 aliphatic heterocycles. The van der Waals surface area contributed by atoms with E-state index in [2.05, 4.69) is 33.2 Å². The number of amides is 2. The van der Waals surface area contributed by atoms with E-state index in [0.717, 1.165) is 33.6 Å². The average Bonchev–Trinajstić information content (AvgIpc) is 2.87. The Bertz CT molecular complexity index is 770. The number of nitrogens with zero attached hydrogens (tertiary/aromatic N) is 3. The fraction of sp³-hybridized carbons (Fsp3) is 0.421. The molecular weight excluding hydrogens is 382 g/mol. The van der Waals surface area contributed by atoms with Gasteiger partial charge in [0.25, 0.3) is 11.8 Å². The minimum absolute atomic E-state index is 0.144. The zero-order chi connectivity index (χ0) is 17.7. The third-order valence-electron chi connectivity index (χ3n) is 5.51. The van der Waals surface area contributed by atoms with Gasteiger partial charge in [-0.1, -0.05) is 18.2 Å². The Morgan fingerprint density at radius 3 is 2.20 bits per heavy atom. The predicted octanol–water partition coefficient (Wildman–Crippen LogP) is 3.05. The van der Waals surface area contributed by atoms with Gasteiger partial charge in [0.05, 0.1) is 23.7 Å². The highest BCUT2D eigenvalue weighted by molar-refractivity contribution is 9.10. The number of fused-ring (bicyclic) bond motifs is 1. The Kier molecular flexibility index (Phi) is 4.02. The summed E-state index contributed by atoms with van der Waals surface area (Å²) >= 11 is 3.54. The molecule has 6 heteroatoms. The van der Waals surface area contributed by atoms with Gasteiger partial charge in [-0.05, 0) is 58.3 Å². The summed E-state index contributed by atoms with van der Waals surface area (Å²) in [7, 11) is 3.94. The molecule has 25 heavy (non-hydrogen) atoms. The van der Waals surface area contributed by atoms with E-state index in [1.165, 1.54) is 0 Å². The molecule has 5 nitrogen and oxygen atoms in total. The van der Waals surface area contributed by atoms with Gasteiger partial charge in [0.1, 0.15) is 0 Å². The first kappa shape index (κ1) is 16.5. The lowest BCUT2D eigenvalue weighted by atomic mass is 9.63. The maximum Gasteiger partial charge on any atom is 0.254 e. The van der Waals surface area contributed by atoms with Crippen LogP contribution in [0.5, 0.6) is 0 Å². The second-order valence-corrected chi connectivity index (χ2v) is 8.03. The van der Waals surface area contributed by atoms with E-state index in [1.54, 1.807) is 6.21 Å². The molecule has 0 unspecified atom stereocenters. The topological polar surface area (TPSA) is 53.0 Å². The van der Waals surface area contributed by atoms with Crippen LogP contribution in [0.1, 0.15) is 18.4 Å². The summed E-state index contributed by atoms with van der Waals surface area (Å²) in [5, 5.41) is 5.34. The normalized spacial score (nSPS) is 30.4. The van der Waals surface area contributed by atoms with E-state index >= 15 is 0 Å². The lowest BCUT2D eigenvalue weighted by molar-refractivity contribution is -0.140. The summed E-state index contributed by atoms with van der Waals surface area (Å²) in [6.07, 6.45) is 7.82. The summed E-state index contributed by atoms with van der Waals surface area (Å²) in [5.74, 6) is -0.323. The third kappa shape index (κ3) is 2.63. The van der Waals surface area contributed by atoms with Crippen molar-refractivity contribution in [1.29, 1.82) is 0 Å². The van der Waals surface area contributed by atoms with Crippen LogP contribution in [0.2, 0.25) is 0 Å². The molecule has 4 aliphatic rings. The quantitative estimate of drug-likeness (QED) is 0.444. The molecule has 3 aliphatic carbocycles. The molecule has 1 saturated heterocycles. The van der Waals surface area contributed by atoms with Gasteiger partial charge in [0, 0.05) is 18.6 Å². The second kappa shape index (κ2) is 6.09. The zero-order valence-electron chi connectivity index (χ0n) is 14.2. The molecule has 1 heterocycles. The number of anilines is 1. The van der Waals surface area contributed by atoms with Crippen molar-refractivity contribution in [3.63, 3.8) is 0 Å². The number of halogens is 1. The highest BCUT2D eigenvalue weighted by Gasteiger charge is 2.56. The van der Waals surface area contributed by atoms with E-state index < -0.39 is 0 Å². The van der Waals surface area contributed by atoms with Gasteiger partial charge in [-0.25, -0.2) is 0 Å². The van der Waals surface area contributed by atoms with Crippen LogP contribution >= 0.6 is 15.9 Å². The Morgan fingerprint density at radius 2 is 1.72 bits per heavy atom. The molecule has 130 valence electrons. The number of carbonyl (C=O) groups excluding carboxylic acids is 2. The lowest BCUT2D eigenvalue weighted by Gasteiger charge is -2.37. The van der Waals surface area contributed by atoms with Gasteiger partial charge in [0.15, 0.2) is 0 Å². The monoisotopic (exact) mass is 401 g/mol. The third-order valence-corrected chi connectivity index (χ3v) is 6.15. The summed E-state index contributed by atoms with van der Waals surface area (Å²) in [5.41, 5.74) is 1.90. The zero-order valence-corrected chi connectivity index (χ0v) is 15.8. The number of hydrogen-bond donors (Lipinski definition) is 0. The van der Waals surface area contributed by atoms with Crippen molar-refractivity contribution in [2.24, 2.45) is 28.8 Å². The van der Waals surface area contributed by atoms with Crippen LogP contribution in [0.15, 0.2) is 39.9 Å². The summed E-state index contributed by atoms with van der Waals surface area (Å²) in [6, 6.07) is 5.83. The fourth-order valence-electron chi connectivity index (χ4n) is 4.26. The molecule has 0 spiro atoms. The van der Waals surface area contributed by atoms with Crippen molar-refractivity contribution in [2.75, 3.05) is 19.0 Å². The van der Waals surface area contributed by atoms with Crippen molar-refractivity contribution in [1.82, 2.24) is 5.01 Å². The van der Waals surface area contributed by atoms with E-state index in [-0.39, 0.29) is 35.5 Å². The van der Waals surface area contributed by atoms with Crippen molar-refractivity contribution in [2.45, 2.75) is 12.8 Å². The number of imide groups is 1. The standard InChI is InChI=1S/C19H20BrN3O2/c1-22(2)15-8-3-11(9-14(15)20)10-21-23-18(24)16-12-4-5-13(7-6-12)17(16)19(23)25/h3-5,8-10,12-13,16-17H,6-7H2,1-2H3/b21-10-/t12-,13-,16-,17+/m0/s1. The molecule has 0 aromatic heterocycles. The van der Waals surface area contributed by atoms with Crippen LogP contribution in [0.4, 0.5) is 5.69 Å². The van der Waals surface area contributed by atoms with Crippen LogP contribution in [0.3, 0.4) is 0 Å². The number of allylic oxidation sites excluding steroid dienone is 2. The number of hydrazone groups is 1. The van der Waals surface area contributed by atoms with E-state index in [1.807, 2.05) is 37.2 Å². The molecule has 0 radical (unpaired) electrons. The Morgan fingerprint density at radius 1 is 1.12 bits per heavy atom. The summed E-state index contributed by atoms with van der Waals surface area (Å²) < 4.78 is 0.941. The Balaban J connectivity index is 1.57. The van der Waals surface area contributed by atoms with Gasteiger partial charge in [0.2, 0.25) is 0 Å². The minimum Gasteiger partial charge on any atom is -0.377 e.